The van der Waals surface area contributed by atoms with Crippen LogP contribution in [0.25, 0.3) is 0 Å². The Balaban J connectivity index is 2.10. The van der Waals surface area contributed by atoms with Crippen LogP contribution in [0.4, 0.5) is 4.79 Å². The van der Waals surface area contributed by atoms with Gasteiger partial charge >= 0.3 is 6.09 Å². The van der Waals surface area contributed by atoms with E-state index in [1.54, 1.807) is 0 Å². The van der Waals surface area contributed by atoms with E-state index in [9.17, 15) is 14.7 Å². The van der Waals surface area contributed by atoms with Gasteiger partial charge in [0.1, 0.15) is 18.9 Å². The first-order chi connectivity index (χ1) is 13.4. The van der Waals surface area contributed by atoms with Crippen molar-refractivity contribution < 1.29 is 23.9 Å². The Labute approximate surface area is 174 Å². The fraction of sp³-hybridized carbons (Fsp3) is 0.619. The van der Waals surface area contributed by atoms with Crippen molar-refractivity contribution in [1.29, 1.82) is 0 Å². The Bertz CT molecular complexity index is 705. The smallest absolute Gasteiger partial charge is 0.411 e. The van der Waals surface area contributed by atoms with Crippen molar-refractivity contribution in [2.75, 3.05) is 6.54 Å². The molecule has 2 N–H and O–H groups in total. The number of carbonyl (C=O) groups excluding carboxylic acids is 2. The fourth-order valence-electron chi connectivity index (χ4n) is 3.03. The number of likely N-dealkylation sites (tertiary alicyclic amines) is 1. The minimum atomic E-state index is -2.12. The molecule has 1 aliphatic heterocycles. The molecule has 1 heterocycles. The van der Waals surface area contributed by atoms with Crippen molar-refractivity contribution in [3.8, 4) is 0 Å². The zero-order valence-corrected chi connectivity index (χ0v) is 19.3. The van der Waals surface area contributed by atoms with Crippen LogP contribution in [0.15, 0.2) is 30.3 Å². The lowest BCUT2D eigenvalue weighted by molar-refractivity contribution is -0.126. The molecule has 8 heteroatoms. The van der Waals surface area contributed by atoms with Crippen LogP contribution in [0.1, 0.15) is 39.7 Å². The maximum atomic E-state index is 12.7. The summed E-state index contributed by atoms with van der Waals surface area (Å²) in [6.45, 7) is 12.4. The van der Waals surface area contributed by atoms with E-state index in [1.165, 1.54) is 11.8 Å². The number of aliphatic hydroxyl groups excluding tert-OH is 1. The monoisotopic (exact) mass is 422 g/mol. The summed E-state index contributed by atoms with van der Waals surface area (Å²) in [6, 6.07) is 9.37. The third kappa shape index (κ3) is 6.04. The Kier molecular flexibility index (Phi) is 7.48. The number of benzene rings is 1. The Morgan fingerprint density at radius 1 is 1.24 bits per heavy atom. The van der Waals surface area contributed by atoms with Gasteiger partial charge in [0.15, 0.2) is 8.32 Å². The van der Waals surface area contributed by atoms with Crippen molar-refractivity contribution in [2.24, 2.45) is 0 Å². The van der Waals surface area contributed by atoms with Crippen molar-refractivity contribution in [3.05, 3.63) is 35.9 Å². The normalized spacial score (nSPS) is 22.9. The highest BCUT2D eigenvalue weighted by Crippen LogP contribution is 2.38. The van der Waals surface area contributed by atoms with Crippen LogP contribution in [-0.2, 0) is 20.6 Å². The summed E-state index contributed by atoms with van der Waals surface area (Å²) in [4.78, 5) is 25.8. The number of piperidine rings is 1. The number of hydrogen-bond acceptors (Lipinski definition) is 5. The number of aliphatic hydroxyl groups is 1. The summed E-state index contributed by atoms with van der Waals surface area (Å²) >= 11 is 0. The van der Waals surface area contributed by atoms with Gasteiger partial charge in [-0.15, -0.1) is 0 Å². The van der Waals surface area contributed by atoms with Gasteiger partial charge in [-0.1, -0.05) is 51.1 Å². The van der Waals surface area contributed by atoms with Crippen molar-refractivity contribution >= 4 is 20.3 Å². The number of carbonyl (C=O) groups is 2. The number of nitrogens with zero attached hydrogens (tertiary/aromatic N) is 1. The summed E-state index contributed by atoms with van der Waals surface area (Å²) in [5.41, 5.74) is 0.869. The maximum Gasteiger partial charge on any atom is 0.411 e. The van der Waals surface area contributed by atoms with E-state index >= 15 is 0 Å². The third-order valence-corrected chi connectivity index (χ3v) is 10.2. The zero-order chi connectivity index (χ0) is 21.8. The zero-order valence-electron chi connectivity index (χ0n) is 18.3. The molecule has 0 aromatic heterocycles. The summed E-state index contributed by atoms with van der Waals surface area (Å²) in [5, 5.41) is 13.6. The van der Waals surface area contributed by atoms with Gasteiger partial charge in [0, 0.05) is 13.5 Å². The molecule has 0 spiro atoms. The molecule has 0 radical (unpaired) electrons. The van der Waals surface area contributed by atoms with Gasteiger partial charge in [0.05, 0.1) is 6.10 Å². The molecule has 0 unspecified atom stereocenters. The summed E-state index contributed by atoms with van der Waals surface area (Å²) in [7, 11) is -2.12. The van der Waals surface area contributed by atoms with Crippen molar-refractivity contribution in [1.82, 2.24) is 10.2 Å². The Hall–Kier alpha value is -1.90. The quantitative estimate of drug-likeness (QED) is 0.711. The largest absolute Gasteiger partial charge is 0.444 e. The van der Waals surface area contributed by atoms with Crippen LogP contribution < -0.4 is 5.32 Å². The predicted octanol–water partition coefficient (Wildman–Crippen LogP) is 3.24. The molecular formula is C21H34N2O5Si. The van der Waals surface area contributed by atoms with Crippen LogP contribution in [-0.4, -0.2) is 55.2 Å². The molecule has 2 rings (SSSR count). The number of nitrogens with one attached hydrogen (secondary N) is 1. The van der Waals surface area contributed by atoms with E-state index in [0.717, 1.165) is 5.56 Å². The van der Waals surface area contributed by atoms with E-state index in [2.05, 4.69) is 39.2 Å². The van der Waals surface area contributed by atoms with Gasteiger partial charge in [0.25, 0.3) is 0 Å². The molecule has 162 valence electrons. The van der Waals surface area contributed by atoms with Crippen molar-refractivity contribution in [3.63, 3.8) is 0 Å². The van der Waals surface area contributed by atoms with E-state index in [-0.39, 0.29) is 17.6 Å². The second kappa shape index (κ2) is 9.28. The second-order valence-electron chi connectivity index (χ2n) is 9.07. The van der Waals surface area contributed by atoms with Crippen LogP contribution in [0, 0.1) is 0 Å². The highest BCUT2D eigenvalue weighted by molar-refractivity contribution is 6.74. The lowest BCUT2D eigenvalue weighted by Crippen LogP contribution is -2.65. The lowest BCUT2D eigenvalue weighted by Gasteiger charge is -2.46. The first kappa shape index (κ1) is 23.4. The van der Waals surface area contributed by atoms with Gasteiger partial charge in [0.2, 0.25) is 5.91 Å². The summed E-state index contributed by atoms with van der Waals surface area (Å²) in [5.74, 6) is -0.331. The highest BCUT2D eigenvalue weighted by atomic mass is 28.4. The lowest BCUT2D eigenvalue weighted by atomic mass is 10.0. The average Bonchev–Trinajstić information content (AvgIpc) is 2.62. The van der Waals surface area contributed by atoms with E-state index in [4.69, 9.17) is 9.16 Å². The molecule has 0 bridgehead atoms. The number of ether oxygens (including phenoxy) is 1. The molecule has 1 aliphatic rings. The van der Waals surface area contributed by atoms with Gasteiger partial charge in [-0.05, 0) is 30.1 Å². The summed E-state index contributed by atoms with van der Waals surface area (Å²) in [6.07, 6.45) is -2.47. The Morgan fingerprint density at radius 2 is 1.86 bits per heavy atom. The Morgan fingerprint density at radius 3 is 2.41 bits per heavy atom. The van der Waals surface area contributed by atoms with Gasteiger partial charge in [-0.2, -0.15) is 0 Å². The maximum absolute atomic E-state index is 12.7. The second-order valence-corrected chi connectivity index (χ2v) is 13.8. The molecule has 1 aromatic rings. The SMILES string of the molecule is CC(=O)N[C@@H]1[C@@H](O)[C@H](O[Si](C)(C)C(C)(C)C)CCN1C(=O)OCc1ccccc1. The van der Waals surface area contributed by atoms with E-state index in [1.807, 2.05) is 30.3 Å². The number of hydrogen-bond donors (Lipinski definition) is 2. The third-order valence-electron chi connectivity index (χ3n) is 5.74. The van der Waals surface area contributed by atoms with E-state index < -0.39 is 32.8 Å². The summed E-state index contributed by atoms with van der Waals surface area (Å²) < 4.78 is 11.8. The molecule has 1 saturated heterocycles. The van der Waals surface area contributed by atoms with Crippen molar-refractivity contribution in [2.45, 2.75) is 77.2 Å². The molecule has 3 atom stereocenters. The standard InChI is InChI=1S/C21H34N2O5Si/c1-15(24)22-19-18(25)17(28-29(5,6)21(2,3)4)12-13-23(19)20(26)27-14-16-10-8-7-9-11-16/h7-11,17-19,25H,12-14H2,1-6H3,(H,22,24)/t17-,18+,19+/m1/s1. The van der Waals surface area contributed by atoms with Crippen LogP contribution in [0.3, 0.4) is 0 Å². The molecule has 7 nitrogen and oxygen atoms in total. The van der Waals surface area contributed by atoms with Crippen LogP contribution >= 0.6 is 0 Å². The molecule has 2 amide bonds. The van der Waals surface area contributed by atoms with Gasteiger partial charge in [-0.3, -0.25) is 9.69 Å². The number of rotatable bonds is 5. The molecule has 1 aromatic carbocycles. The first-order valence-electron chi connectivity index (χ1n) is 10.0. The molecular weight excluding hydrogens is 388 g/mol. The molecule has 0 saturated carbocycles. The highest BCUT2D eigenvalue weighted by Gasteiger charge is 2.46. The minimum Gasteiger partial charge on any atom is -0.444 e. The molecule has 29 heavy (non-hydrogen) atoms. The predicted molar refractivity (Wildman–Crippen MR) is 114 cm³/mol. The van der Waals surface area contributed by atoms with E-state index in [0.29, 0.717) is 13.0 Å². The number of amides is 2. The average molecular weight is 423 g/mol. The van der Waals surface area contributed by atoms with Crippen LogP contribution in [0.5, 0.6) is 0 Å². The fourth-order valence-corrected chi connectivity index (χ4v) is 4.39. The first-order valence-corrected chi connectivity index (χ1v) is 12.9. The minimum absolute atomic E-state index is 0.0119. The topological polar surface area (TPSA) is 88.1 Å². The molecule has 1 fully saturated rings. The van der Waals surface area contributed by atoms with Gasteiger partial charge in [-0.25, -0.2) is 4.79 Å². The molecule has 0 aliphatic carbocycles. The van der Waals surface area contributed by atoms with Crippen LogP contribution in [0.2, 0.25) is 18.1 Å². The van der Waals surface area contributed by atoms with Gasteiger partial charge < -0.3 is 19.6 Å².